The number of rotatable bonds is 5. The predicted molar refractivity (Wildman–Crippen MR) is 107 cm³/mol. The summed E-state index contributed by atoms with van der Waals surface area (Å²) in [6.07, 6.45) is 1.32. The summed E-state index contributed by atoms with van der Waals surface area (Å²) < 4.78 is 10.1. The van der Waals surface area contributed by atoms with Crippen LogP contribution in [-0.2, 0) is 14.3 Å². The number of carbonyl (C=O) groups is 2. The molecular formula is C21H22N4O4. The normalized spacial score (nSPS) is 15.7. The van der Waals surface area contributed by atoms with Gasteiger partial charge in [-0.25, -0.2) is 0 Å². The van der Waals surface area contributed by atoms with Crippen LogP contribution in [0, 0.1) is 0 Å². The molecule has 0 radical (unpaired) electrons. The summed E-state index contributed by atoms with van der Waals surface area (Å²) in [5.41, 5.74) is 1.11. The van der Waals surface area contributed by atoms with Gasteiger partial charge in [0.15, 0.2) is 5.82 Å². The highest BCUT2D eigenvalue weighted by Crippen LogP contribution is 2.28. The van der Waals surface area contributed by atoms with Crippen molar-refractivity contribution in [3.05, 3.63) is 60.4 Å². The van der Waals surface area contributed by atoms with E-state index in [1.807, 2.05) is 18.2 Å². The lowest BCUT2D eigenvalue weighted by Gasteiger charge is -2.35. The second kappa shape index (κ2) is 8.85. The number of amides is 2. The first-order valence-electron chi connectivity index (χ1n) is 9.51. The Morgan fingerprint density at radius 1 is 1.03 bits per heavy atom. The van der Waals surface area contributed by atoms with E-state index < -0.39 is 11.8 Å². The van der Waals surface area contributed by atoms with Gasteiger partial charge in [-0.05, 0) is 16.3 Å². The van der Waals surface area contributed by atoms with Crippen LogP contribution in [0.1, 0.15) is 11.6 Å². The third kappa shape index (κ3) is 4.44. The van der Waals surface area contributed by atoms with Crippen LogP contribution >= 0.6 is 0 Å². The summed E-state index contributed by atoms with van der Waals surface area (Å²) in [7, 11) is 0. The minimum Gasteiger partial charge on any atom is -0.379 e. The standard InChI is InChI=1S/C21H22N4O4/c26-20(21(27)23-19-8-11-29-24-19)22-14-18(25-9-12-28-13-10-25)17-7-3-5-15-4-1-2-6-16(15)17/h1-8,11,18H,9-10,12-14H2,(H,22,26)(H,23,24,27)/t18-/m1/s1. The average molecular weight is 394 g/mol. The Kier molecular flexibility index (Phi) is 5.83. The molecule has 2 N–H and O–H groups in total. The van der Waals surface area contributed by atoms with E-state index in [9.17, 15) is 9.59 Å². The van der Waals surface area contributed by atoms with Crippen LogP contribution in [-0.4, -0.2) is 54.7 Å². The highest BCUT2D eigenvalue weighted by Gasteiger charge is 2.26. The van der Waals surface area contributed by atoms with E-state index >= 15 is 0 Å². The van der Waals surface area contributed by atoms with Gasteiger partial charge in [0.05, 0.1) is 19.3 Å². The highest BCUT2D eigenvalue weighted by molar-refractivity contribution is 6.39. The van der Waals surface area contributed by atoms with Gasteiger partial charge in [0.25, 0.3) is 0 Å². The van der Waals surface area contributed by atoms with E-state index in [4.69, 9.17) is 4.74 Å². The zero-order valence-corrected chi connectivity index (χ0v) is 15.8. The summed E-state index contributed by atoms with van der Waals surface area (Å²) in [5, 5.41) is 11.0. The number of hydrogen-bond acceptors (Lipinski definition) is 6. The van der Waals surface area contributed by atoms with Crippen molar-refractivity contribution >= 4 is 28.4 Å². The number of anilines is 1. The van der Waals surface area contributed by atoms with Crippen LogP contribution in [0.25, 0.3) is 10.8 Å². The molecule has 1 aliphatic heterocycles. The van der Waals surface area contributed by atoms with Crippen LogP contribution in [0.15, 0.2) is 59.3 Å². The smallest absolute Gasteiger partial charge is 0.314 e. The van der Waals surface area contributed by atoms with Gasteiger partial charge in [-0.3, -0.25) is 19.8 Å². The number of nitrogens with one attached hydrogen (secondary N) is 2. The average Bonchev–Trinajstić information content (AvgIpc) is 3.27. The van der Waals surface area contributed by atoms with Gasteiger partial charge in [-0.1, -0.05) is 47.6 Å². The van der Waals surface area contributed by atoms with E-state index in [-0.39, 0.29) is 11.9 Å². The van der Waals surface area contributed by atoms with Crippen molar-refractivity contribution in [3.63, 3.8) is 0 Å². The molecule has 1 atom stereocenters. The fourth-order valence-corrected chi connectivity index (χ4v) is 3.59. The number of benzene rings is 2. The number of hydrogen-bond donors (Lipinski definition) is 2. The quantitative estimate of drug-likeness (QED) is 0.642. The van der Waals surface area contributed by atoms with Gasteiger partial charge in [0, 0.05) is 25.7 Å². The minimum absolute atomic E-state index is 0.0752. The third-order valence-corrected chi connectivity index (χ3v) is 5.01. The maximum absolute atomic E-state index is 12.3. The molecule has 0 aliphatic carbocycles. The zero-order chi connectivity index (χ0) is 20.1. The van der Waals surface area contributed by atoms with Crippen molar-refractivity contribution in [2.75, 3.05) is 38.2 Å². The molecule has 1 aliphatic rings. The fourth-order valence-electron chi connectivity index (χ4n) is 3.59. The van der Waals surface area contributed by atoms with Crippen molar-refractivity contribution < 1.29 is 18.8 Å². The molecule has 3 aromatic rings. The number of aromatic nitrogens is 1. The van der Waals surface area contributed by atoms with Gasteiger partial charge in [0.2, 0.25) is 0 Å². The van der Waals surface area contributed by atoms with E-state index in [2.05, 4.69) is 49.5 Å². The molecule has 0 bridgehead atoms. The van der Waals surface area contributed by atoms with Crippen molar-refractivity contribution in [1.29, 1.82) is 0 Å². The Bertz CT molecular complexity index is 978. The molecule has 29 heavy (non-hydrogen) atoms. The van der Waals surface area contributed by atoms with Crippen molar-refractivity contribution in [2.45, 2.75) is 6.04 Å². The molecule has 8 heteroatoms. The molecule has 1 saturated heterocycles. The Hall–Kier alpha value is -3.23. The Balaban J connectivity index is 1.53. The first kappa shape index (κ1) is 19.1. The van der Waals surface area contributed by atoms with Crippen LogP contribution in [0.5, 0.6) is 0 Å². The second-order valence-electron chi connectivity index (χ2n) is 6.78. The van der Waals surface area contributed by atoms with Gasteiger partial charge in [-0.2, -0.15) is 0 Å². The molecule has 2 heterocycles. The molecule has 1 fully saturated rings. The van der Waals surface area contributed by atoms with E-state index in [1.165, 1.54) is 12.3 Å². The number of morpholine rings is 1. The largest absolute Gasteiger partial charge is 0.379 e. The van der Waals surface area contributed by atoms with E-state index in [0.717, 1.165) is 29.4 Å². The van der Waals surface area contributed by atoms with Crippen LogP contribution < -0.4 is 10.6 Å². The SMILES string of the molecule is O=C(NC[C@H](c1cccc2ccccc12)N1CCOCC1)C(=O)Nc1ccon1. The lowest BCUT2D eigenvalue weighted by molar-refractivity contribution is -0.136. The Morgan fingerprint density at radius 2 is 1.83 bits per heavy atom. The van der Waals surface area contributed by atoms with Gasteiger partial charge in [0.1, 0.15) is 6.26 Å². The molecule has 150 valence electrons. The number of carbonyl (C=O) groups excluding carboxylic acids is 2. The number of ether oxygens (including phenoxy) is 1. The lowest BCUT2D eigenvalue weighted by Crippen LogP contribution is -2.45. The minimum atomic E-state index is -0.780. The fraction of sp³-hybridized carbons (Fsp3) is 0.286. The van der Waals surface area contributed by atoms with Crippen LogP contribution in [0.3, 0.4) is 0 Å². The third-order valence-electron chi connectivity index (χ3n) is 5.01. The van der Waals surface area contributed by atoms with Crippen molar-refractivity contribution in [1.82, 2.24) is 15.4 Å². The second-order valence-corrected chi connectivity index (χ2v) is 6.78. The maximum Gasteiger partial charge on any atom is 0.314 e. The van der Waals surface area contributed by atoms with Crippen LogP contribution in [0.4, 0.5) is 5.82 Å². The summed E-state index contributed by atoms with van der Waals surface area (Å²) in [6.45, 7) is 3.10. The summed E-state index contributed by atoms with van der Waals surface area (Å²) >= 11 is 0. The summed E-state index contributed by atoms with van der Waals surface area (Å²) in [4.78, 5) is 26.7. The molecular weight excluding hydrogens is 372 g/mol. The molecule has 2 aromatic carbocycles. The van der Waals surface area contributed by atoms with Gasteiger partial charge >= 0.3 is 11.8 Å². The molecule has 1 aromatic heterocycles. The molecule has 0 spiro atoms. The monoisotopic (exact) mass is 394 g/mol. The molecule has 0 saturated carbocycles. The highest BCUT2D eigenvalue weighted by atomic mass is 16.5. The maximum atomic E-state index is 12.3. The number of fused-ring (bicyclic) bond motifs is 1. The zero-order valence-electron chi connectivity index (χ0n) is 15.8. The molecule has 0 unspecified atom stereocenters. The summed E-state index contributed by atoms with van der Waals surface area (Å²) in [5.74, 6) is -1.30. The van der Waals surface area contributed by atoms with Crippen molar-refractivity contribution in [3.8, 4) is 0 Å². The lowest BCUT2D eigenvalue weighted by atomic mass is 9.97. The van der Waals surface area contributed by atoms with Gasteiger partial charge < -0.3 is 14.6 Å². The van der Waals surface area contributed by atoms with Crippen LogP contribution in [0.2, 0.25) is 0 Å². The molecule has 2 amide bonds. The molecule has 8 nitrogen and oxygen atoms in total. The van der Waals surface area contributed by atoms with Gasteiger partial charge in [-0.15, -0.1) is 0 Å². The van der Waals surface area contributed by atoms with E-state index in [1.54, 1.807) is 0 Å². The topological polar surface area (TPSA) is 96.7 Å². The Morgan fingerprint density at radius 3 is 2.62 bits per heavy atom. The van der Waals surface area contributed by atoms with E-state index in [0.29, 0.717) is 19.8 Å². The molecule has 4 rings (SSSR count). The number of nitrogens with zero attached hydrogens (tertiary/aromatic N) is 2. The first-order chi connectivity index (χ1) is 14.2. The predicted octanol–water partition coefficient (Wildman–Crippen LogP) is 1.96. The summed E-state index contributed by atoms with van der Waals surface area (Å²) in [6, 6.07) is 15.7. The first-order valence-corrected chi connectivity index (χ1v) is 9.51. The Labute approximate surface area is 167 Å². The van der Waals surface area contributed by atoms with Crippen molar-refractivity contribution in [2.24, 2.45) is 0 Å².